The van der Waals surface area contributed by atoms with Crippen molar-refractivity contribution >= 4 is 87.0 Å². The molecule has 0 fully saturated rings. The number of para-hydroxylation sites is 2. The summed E-state index contributed by atoms with van der Waals surface area (Å²) in [7, 11) is 0. The number of benzene rings is 14. The summed E-state index contributed by atoms with van der Waals surface area (Å²) < 4.78 is 4.79. The number of fused-ring (bicyclic) bond motifs is 13. The highest BCUT2D eigenvalue weighted by Crippen LogP contribution is 2.48. The molecule has 0 saturated heterocycles. The third kappa shape index (κ3) is 9.83. The summed E-state index contributed by atoms with van der Waals surface area (Å²) >= 11 is 0. The highest BCUT2D eigenvalue weighted by atomic mass is 15.0. The van der Waals surface area contributed by atoms with Gasteiger partial charge >= 0.3 is 0 Å². The largest absolute Gasteiger partial charge is 0.307 e. The van der Waals surface area contributed by atoms with Crippen LogP contribution in [-0.4, -0.2) is 39.0 Å². The number of rotatable bonds is 11. The third-order valence-corrected chi connectivity index (χ3v) is 20.1. The van der Waals surface area contributed by atoms with Gasteiger partial charge in [-0.2, -0.15) is 0 Å². The van der Waals surface area contributed by atoms with Gasteiger partial charge in [0.2, 0.25) is 0 Å². The Morgan fingerprint density at radius 1 is 0.216 bits per heavy atom. The monoisotopic (exact) mass is 1300 g/mol. The first-order valence-electron chi connectivity index (χ1n) is 34.5. The van der Waals surface area contributed by atoms with E-state index in [1.807, 2.05) is 18.2 Å². The Hall–Kier alpha value is -13.8. The molecule has 0 spiro atoms. The molecule has 0 amide bonds. The van der Waals surface area contributed by atoms with Crippen molar-refractivity contribution in [2.45, 2.75) is 0 Å². The lowest BCUT2D eigenvalue weighted by Crippen LogP contribution is -1.99. The number of pyridine rings is 2. The smallest absolute Gasteiger partial charge is 0.160 e. The Labute approximate surface area is 587 Å². The highest BCUT2D eigenvalue weighted by Gasteiger charge is 2.26. The van der Waals surface area contributed by atoms with E-state index in [4.69, 9.17) is 29.9 Å². The SMILES string of the molecule is c1ccc(-c2cc(-c3ccc(-n4c5ccccc5c5c6cc7ccccc7cc6nc(-c6ccccc6)c54)cc3)nc(-c3ccc(-c4cc5ccccc5c5nc(-c6ccccc6)c6c(c7ccccc7n6-c6ccc(-c7nc(-c8ccccc8)cc(-c8ccccc8)n7)cc6)c45)cc3)n2)cc1. The molecule has 0 aliphatic rings. The van der Waals surface area contributed by atoms with E-state index in [0.717, 1.165) is 167 Å². The normalized spacial score (nSPS) is 11.7. The summed E-state index contributed by atoms with van der Waals surface area (Å²) in [6, 6.07) is 125. The second-order valence-electron chi connectivity index (χ2n) is 26.1. The van der Waals surface area contributed by atoms with Crippen molar-refractivity contribution in [2.75, 3.05) is 0 Å². The fourth-order valence-electron chi connectivity index (χ4n) is 15.3. The van der Waals surface area contributed by atoms with Crippen LogP contribution in [0.3, 0.4) is 0 Å². The molecule has 20 rings (SSSR count). The molecule has 20 aromatic rings. The molecule has 6 heterocycles. The van der Waals surface area contributed by atoms with Crippen LogP contribution >= 0.6 is 0 Å². The lowest BCUT2D eigenvalue weighted by atomic mass is 9.91. The van der Waals surface area contributed by atoms with E-state index >= 15 is 0 Å². The van der Waals surface area contributed by atoms with E-state index < -0.39 is 0 Å². The first-order chi connectivity index (χ1) is 50.6. The van der Waals surface area contributed by atoms with Crippen LogP contribution in [0.25, 0.3) is 200 Å². The number of nitrogens with zero attached hydrogens (tertiary/aromatic N) is 8. The standard InChI is InChI=1S/C94H58N8/c1-6-24-60(25-7-1)78-57-79(61-26-8-2-9-27-61)98-94(97-78)67-48-52-72(53-49-67)102-84-41-23-21-39-75(84)87-86-76(55-70-36-18-19-37-73(70)90(86)100-89(92(87)102)65-32-14-5-15-33-65)59-42-44-66(45-43-59)93-96-80(62-28-10-3-11-29-62)58-81(99-93)63-46-50-71(51-47-63)101-83-40-22-20-38-74(83)85-77-54-68-34-16-17-35-69(68)56-82(77)95-88(91(85)101)64-30-12-4-13-31-64/h1-58H. The van der Waals surface area contributed by atoms with E-state index in [2.05, 4.69) is 343 Å². The average Bonchev–Trinajstić information content (AvgIpc) is 1.60. The van der Waals surface area contributed by atoms with E-state index in [-0.39, 0.29) is 0 Å². The highest BCUT2D eigenvalue weighted by molar-refractivity contribution is 6.31. The number of hydrogen-bond donors (Lipinski definition) is 0. The van der Waals surface area contributed by atoms with Gasteiger partial charge in [0.05, 0.1) is 67.3 Å². The fourth-order valence-corrected chi connectivity index (χ4v) is 15.3. The molecular weight excluding hydrogens is 1240 g/mol. The molecule has 8 nitrogen and oxygen atoms in total. The molecule has 0 radical (unpaired) electrons. The molecule has 0 atom stereocenters. The summed E-state index contributed by atoms with van der Waals surface area (Å²) in [5.74, 6) is 1.28. The van der Waals surface area contributed by atoms with E-state index in [0.29, 0.717) is 11.6 Å². The van der Waals surface area contributed by atoms with Gasteiger partial charge in [-0.3, -0.25) is 0 Å². The molecular formula is C94H58N8. The first kappa shape index (κ1) is 58.3. The van der Waals surface area contributed by atoms with Crippen molar-refractivity contribution in [3.8, 4) is 113 Å². The minimum Gasteiger partial charge on any atom is -0.307 e. The Bertz CT molecular complexity index is 6620. The molecule has 0 aliphatic carbocycles. The van der Waals surface area contributed by atoms with Gasteiger partial charge in [0.1, 0.15) is 0 Å². The predicted octanol–water partition coefficient (Wildman–Crippen LogP) is 23.9. The second kappa shape index (κ2) is 24.0. The van der Waals surface area contributed by atoms with Gasteiger partial charge in [-0.15, -0.1) is 0 Å². The Kier molecular flexibility index (Phi) is 13.7. The molecule has 0 aliphatic heterocycles. The Morgan fingerprint density at radius 2 is 0.578 bits per heavy atom. The van der Waals surface area contributed by atoms with Crippen LogP contribution in [0.15, 0.2) is 352 Å². The van der Waals surface area contributed by atoms with Crippen LogP contribution in [0.4, 0.5) is 0 Å². The summed E-state index contributed by atoms with van der Waals surface area (Å²) in [5, 5.41) is 11.3. The molecule has 0 bridgehead atoms. The van der Waals surface area contributed by atoms with Crippen LogP contribution in [0.2, 0.25) is 0 Å². The predicted molar refractivity (Wildman–Crippen MR) is 421 cm³/mol. The van der Waals surface area contributed by atoms with E-state index in [1.165, 1.54) is 21.5 Å². The van der Waals surface area contributed by atoms with Gasteiger partial charge < -0.3 is 9.13 Å². The molecule has 6 aromatic heterocycles. The summed E-state index contributed by atoms with van der Waals surface area (Å²) in [6.07, 6.45) is 0. The maximum Gasteiger partial charge on any atom is 0.160 e. The maximum atomic E-state index is 5.87. The molecule has 0 N–H and O–H groups in total. The van der Waals surface area contributed by atoms with Crippen molar-refractivity contribution in [1.82, 2.24) is 39.0 Å². The summed E-state index contributed by atoms with van der Waals surface area (Å²) in [6.45, 7) is 0. The average molecular weight is 1300 g/mol. The molecule has 8 heteroatoms. The van der Waals surface area contributed by atoms with Gasteiger partial charge in [0.15, 0.2) is 11.6 Å². The van der Waals surface area contributed by atoms with Crippen LogP contribution in [-0.2, 0) is 0 Å². The quantitative estimate of drug-likeness (QED) is 0.0947. The van der Waals surface area contributed by atoms with Crippen molar-refractivity contribution in [2.24, 2.45) is 0 Å². The third-order valence-electron chi connectivity index (χ3n) is 20.1. The lowest BCUT2D eigenvalue weighted by molar-refractivity contribution is 1.16. The van der Waals surface area contributed by atoms with Crippen LogP contribution in [0.1, 0.15) is 0 Å². The molecule has 474 valence electrons. The van der Waals surface area contributed by atoms with Crippen molar-refractivity contribution in [3.05, 3.63) is 352 Å². The Balaban J connectivity index is 0.727. The maximum absolute atomic E-state index is 5.87. The van der Waals surface area contributed by atoms with Gasteiger partial charge in [0.25, 0.3) is 0 Å². The summed E-state index contributed by atoms with van der Waals surface area (Å²) in [5.41, 5.74) is 23.5. The summed E-state index contributed by atoms with van der Waals surface area (Å²) in [4.78, 5) is 32.6. The van der Waals surface area contributed by atoms with Crippen molar-refractivity contribution in [3.63, 3.8) is 0 Å². The van der Waals surface area contributed by atoms with Gasteiger partial charge in [0, 0.05) is 93.6 Å². The lowest BCUT2D eigenvalue weighted by Gasteiger charge is -2.17. The zero-order valence-electron chi connectivity index (χ0n) is 55.1. The first-order valence-corrected chi connectivity index (χ1v) is 34.5. The zero-order chi connectivity index (χ0) is 67.2. The number of hydrogen-bond acceptors (Lipinski definition) is 6. The van der Waals surface area contributed by atoms with Gasteiger partial charge in [-0.25, -0.2) is 29.9 Å². The Morgan fingerprint density at radius 3 is 1.08 bits per heavy atom. The topological polar surface area (TPSA) is 87.2 Å². The van der Waals surface area contributed by atoms with Crippen LogP contribution in [0.5, 0.6) is 0 Å². The van der Waals surface area contributed by atoms with Crippen molar-refractivity contribution < 1.29 is 0 Å². The van der Waals surface area contributed by atoms with Crippen LogP contribution < -0.4 is 0 Å². The molecule has 0 saturated carbocycles. The minimum absolute atomic E-state index is 0.628. The second-order valence-corrected chi connectivity index (χ2v) is 26.1. The minimum atomic E-state index is 0.628. The fraction of sp³-hybridized carbons (Fsp3) is 0. The number of aromatic nitrogens is 8. The van der Waals surface area contributed by atoms with E-state index in [9.17, 15) is 0 Å². The zero-order valence-corrected chi connectivity index (χ0v) is 55.1. The van der Waals surface area contributed by atoms with Gasteiger partial charge in [-0.05, 0) is 106 Å². The van der Waals surface area contributed by atoms with Crippen LogP contribution in [0, 0.1) is 0 Å². The molecule has 102 heavy (non-hydrogen) atoms. The molecule has 0 unspecified atom stereocenters. The van der Waals surface area contributed by atoms with Gasteiger partial charge in [-0.1, -0.05) is 273 Å². The van der Waals surface area contributed by atoms with Crippen molar-refractivity contribution in [1.29, 1.82) is 0 Å². The van der Waals surface area contributed by atoms with E-state index in [1.54, 1.807) is 0 Å². The molecule has 14 aromatic carbocycles.